The summed E-state index contributed by atoms with van der Waals surface area (Å²) in [5.74, 6) is -0.395. The van der Waals surface area contributed by atoms with Gasteiger partial charge in [-0.1, -0.05) is 0 Å². The van der Waals surface area contributed by atoms with Gasteiger partial charge in [0.15, 0.2) is 0 Å². The molecule has 0 atom stereocenters. The molecule has 6 nitrogen and oxygen atoms in total. The lowest BCUT2D eigenvalue weighted by atomic mass is 10.2. The molecule has 0 aliphatic heterocycles. The van der Waals surface area contributed by atoms with Gasteiger partial charge in [-0.15, -0.1) is 11.3 Å². The van der Waals surface area contributed by atoms with Crippen LogP contribution in [0, 0.1) is 0 Å². The molecule has 0 unspecified atom stereocenters. The third-order valence-electron chi connectivity index (χ3n) is 2.82. The Morgan fingerprint density at radius 2 is 2.10 bits per heavy atom. The third-order valence-corrected chi connectivity index (χ3v) is 3.88. The molecule has 2 aromatic heterocycles. The molecule has 0 aromatic carbocycles. The molecule has 0 aliphatic carbocycles. The Balaban J connectivity index is 2.76. The van der Waals surface area contributed by atoms with Crippen LogP contribution in [-0.4, -0.2) is 57.5 Å². The van der Waals surface area contributed by atoms with Gasteiger partial charge < -0.3 is 14.5 Å². The van der Waals surface area contributed by atoms with Crippen molar-refractivity contribution in [2.45, 2.75) is 0 Å². The van der Waals surface area contributed by atoms with Gasteiger partial charge in [0.05, 0.1) is 24.5 Å². The normalized spacial score (nSPS) is 11.1. The summed E-state index contributed by atoms with van der Waals surface area (Å²) in [6.07, 6.45) is 3.40. The molecule has 0 saturated carbocycles. The monoisotopic (exact) mass is 306 g/mol. The summed E-state index contributed by atoms with van der Waals surface area (Å²) in [6.45, 7) is 0. The van der Waals surface area contributed by atoms with E-state index in [4.69, 9.17) is 4.74 Å². The number of thiophene rings is 1. The quantitative estimate of drug-likeness (QED) is 0.493. The van der Waals surface area contributed by atoms with Crippen LogP contribution in [0.4, 0.5) is 11.4 Å². The maximum atomic E-state index is 12.0. The molecule has 7 heteroatoms. The number of aliphatic imine (C=N–C) groups is 1. The fourth-order valence-electron chi connectivity index (χ4n) is 1.89. The van der Waals surface area contributed by atoms with Crippen LogP contribution in [-0.2, 0) is 4.74 Å². The number of ether oxygens (including phenoxy) is 1. The number of aromatic nitrogens is 1. The SMILES string of the molecule is COC(=O)c1sc2nccc(N(C)C)c2c1/N=C\N(C)C. The van der Waals surface area contributed by atoms with Crippen molar-refractivity contribution >= 4 is 45.2 Å². The van der Waals surface area contributed by atoms with Crippen LogP contribution in [0.3, 0.4) is 0 Å². The molecule has 0 fully saturated rings. The summed E-state index contributed by atoms with van der Waals surface area (Å²) in [4.78, 5) is 25.8. The highest BCUT2D eigenvalue weighted by Gasteiger charge is 2.22. The molecule has 0 bridgehead atoms. The maximum absolute atomic E-state index is 12.0. The summed E-state index contributed by atoms with van der Waals surface area (Å²) in [5.41, 5.74) is 1.57. The minimum Gasteiger partial charge on any atom is -0.465 e. The van der Waals surface area contributed by atoms with Crippen LogP contribution in [0.2, 0.25) is 0 Å². The summed E-state index contributed by atoms with van der Waals surface area (Å²) in [5, 5.41) is 0.867. The van der Waals surface area contributed by atoms with E-state index in [1.807, 2.05) is 44.1 Å². The molecule has 0 radical (unpaired) electrons. The second kappa shape index (κ2) is 6.09. The van der Waals surface area contributed by atoms with Gasteiger partial charge in [-0.05, 0) is 6.07 Å². The number of hydrogen-bond donors (Lipinski definition) is 0. The molecule has 112 valence electrons. The number of esters is 1. The van der Waals surface area contributed by atoms with Gasteiger partial charge in [-0.25, -0.2) is 14.8 Å². The second-order valence-electron chi connectivity index (χ2n) is 4.88. The molecule has 0 aliphatic rings. The van der Waals surface area contributed by atoms with Crippen LogP contribution in [0.15, 0.2) is 17.3 Å². The van der Waals surface area contributed by atoms with Crippen LogP contribution >= 0.6 is 11.3 Å². The van der Waals surface area contributed by atoms with Gasteiger partial charge in [0.2, 0.25) is 0 Å². The zero-order valence-electron chi connectivity index (χ0n) is 12.7. The molecule has 2 rings (SSSR count). The van der Waals surface area contributed by atoms with Crippen LogP contribution in [0.1, 0.15) is 9.67 Å². The van der Waals surface area contributed by atoms with Crippen molar-refractivity contribution in [3.8, 4) is 0 Å². The van der Waals surface area contributed by atoms with E-state index in [2.05, 4.69) is 9.98 Å². The van der Waals surface area contributed by atoms with Gasteiger partial charge in [0, 0.05) is 34.4 Å². The fourth-order valence-corrected chi connectivity index (χ4v) is 2.92. The van der Waals surface area contributed by atoms with Crippen LogP contribution in [0.5, 0.6) is 0 Å². The highest BCUT2D eigenvalue weighted by molar-refractivity contribution is 7.21. The fraction of sp³-hybridized carbons (Fsp3) is 0.357. The van der Waals surface area contributed by atoms with E-state index in [-0.39, 0.29) is 0 Å². The van der Waals surface area contributed by atoms with Gasteiger partial charge in [-0.3, -0.25) is 0 Å². The Hall–Kier alpha value is -2.15. The van der Waals surface area contributed by atoms with Gasteiger partial charge in [-0.2, -0.15) is 0 Å². The first-order valence-corrected chi connectivity index (χ1v) is 7.15. The molecule has 0 spiro atoms. The Morgan fingerprint density at radius 1 is 1.38 bits per heavy atom. The number of rotatable bonds is 4. The number of hydrogen-bond acceptors (Lipinski definition) is 6. The van der Waals surface area contributed by atoms with Crippen molar-refractivity contribution < 1.29 is 9.53 Å². The predicted octanol–water partition coefficient (Wildman–Crippen LogP) is 2.37. The topological polar surface area (TPSA) is 58.0 Å². The Morgan fingerprint density at radius 3 is 2.67 bits per heavy atom. The number of carbonyl (C=O) groups excluding carboxylic acids is 1. The number of carbonyl (C=O) groups is 1. The third kappa shape index (κ3) is 2.97. The van der Waals surface area contributed by atoms with Crippen LogP contribution < -0.4 is 4.90 Å². The molecular formula is C14H18N4O2S. The van der Waals surface area contributed by atoms with Gasteiger partial charge >= 0.3 is 5.97 Å². The van der Waals surface area contributed by atoms with E-state index in [0.29, 0.717) is 10.6 Å². The van der Waals surface area contributed by atoms with Gasteiger partial charge in [0.25, 0.3) is 0 Å². The summed E-state index contributed by atoms with van der Waals surface area (Å²) >= 11 is 1.30. The van der Waals surface area contributed by atoms with E-state index in [0.717, 1.165) is 15.9 Å². The first-order chi connectivity index (χ1) is 9.95. The first kappa shape index (κ1) is 15.2. The van der Waals surface area contributed by atoms with Crippen LogP contribution in [0.25, 0.3) is 10.2 Å². The Kier molecular flexibility index (Phi) is 4.42. The largest absolute Gasteiger partial charge is 0.465 e. The van der Waals surface area contributed by atoms with E-state index < -0.39 is 5.97 Å². The van der Waals surface area contributed by atoms with Crippen molar-refractivity contribution in [3.63, 3.8) is 0 Å². The number of methoxy groups -OCH3 is 1. The summed E-state index contributed by atoms with van der Waals surface area (Å²) in [7, 11) is 9.02. The minimum absolute atomic E-state index is 0.395. The van der Waals surface area contributed by atoms with Crippen molar-refractivity contribution in [2.24, 2.45) is 4.99 Å². The van der Waals surface area contributed by atoms with E-state index in [1.54, 1.807) is 12.5 Å². The highest BCUT2D eigenvalue weighted by atomic mass is 32.1. The number of fused-ring (bicyclic) bond motifs is 1. The van der Waals surface area contributed by atoms with Gasteiger partial charge in [0.1, 0.15) is 15.4 Å². The number of anilines is 1. The van der Waals surface area contributed by atoms with Crippen molar-refractivity contribution in [1.29, 1.82) is 0 Å². The van der Waals surface area contributed by atoms with Crippen molar-refractivity contribution in [3.05, 3.63) is 17.1 Å². The van der Waals surface area contributed by atoms with E-state index in [9.17, 15) is 4.79 Å². The molecule has 0 amide bonds. The first-order valence-electron chi connectivity index (χ1n) is 6.33. The summed E-state index contributed by atoms with van der Waals surface area (Å²) in [6, 6.07) is 1.91. The molecule has 21 heavy (non-hydrogen) atoms. The average Bonchev–Trinajstić information content (AvgIpc) is 2.82. The molecular weight excluding hydrogens is 288 g/mol. The van der Waals surface area contributed by atoms with Crippen molar-refractivity contribution in [2.75, 3.05) is 40.2 Å². The molecule has 2 aromatic rings. The van der Waals surface area contributed by atoms with E-state index in [1.165, 1.54) is 18.4 Å². The second-order valence-corrected chi connectivity index (χ2v) is 5.88. The minimum atomic E-state index is -0.395. The molecule has 0 saturated heterocycles. The highest BCUT2D eigenvalue weighted by Crippen LogP contribution is 2.41. The molecule has 0 N–H and O–H groups in total. The maximum Gasteiger partial charge on any atom is 0.350 e. The lowest BCUT2D eigenvalue weighted by Gasteiger charge is -2.14. The van der Waals surface area contributed by atoms with Crippen molar-refractivity contribution in [1.82, 2.24) is 9.88 Å². The van der Waals surface area contributed by atoms with E-state index >= 15 is 0 Å². The predicted molar refractivity (Wildman–Crippen MR) is 87.1 cm³/mol. The summed E-state index contributed by atoms with van der Waals surface area (Å²) < 4.78 is 4.86. The average molecular weight is 306 g/mol. The number of nitrogens with zero attached hydrogens (tertiary/aromatic N) is 4. The smallest absolute Gasteiger partial charge is 0.350 e. The Labute approximate surface area is 127 Å². The lowest BCUT2D eigenvalue weighted by Crippen LogP contribution is -2.09. The Bertz CT molecular complexity index is 692. The lowest BCUT2D eigenvalue weighted by molar-refractivity contribution is 0.0607. The number of pyridine rings is 1. The zero-order chi connectivity index (χ0) is 15.6. The standard InChI is InChI=1S/C14H18N4O2S/c1-17(2)8-16-11-10-9(18(3)4)6-7-15-13(10)21-12(11)14(19)20-5/h6-8H,1-5H3/b16-8-. The zero-order valence-corrected chi connectivity index (χ0v) is 13.6. The molecule has 2 heterocycles.